The van der Waals surface area contributed by atoms with Gasteiger partial charge in [0.15, 0.2) is 4.98 Å². The standard InChI is InChI=1S/C5H8N4O2/c1-7-4(10)2-8-5(11)3-9-6/h3,8H,2H2,1H3,(H-,7,10,11)/p+1/b5-3-. The lowest BCUT2D eigenvalue weighted by Crippen LogP contribution is -2.30. The summed E-state index contributed by atoms with van der Waals surface area (Å²) >= 11 is 0. The number of hydrogen-bond acceptors (Lipinski definition) is 4. The van der Waals surface area contributed by atoms with Crippen molar-refractivity contribution in [3.8, 4) is 0 Å². The summed E-state index contributed by atoms with van der Waals surface area (Å²) < 4.78 is 0. The number of aliphatic hydroxyl groups excluding tert-OH is 1. The maximum atomic E-state index is 10.5. The summed E-state index contributed by atoms with van der Waals surface area (Å²) in [6.45, 7) is -0.0612. The third kappa shape index (κ3) is 4.72. The molecule has 0 bridgehead atoms. The fourth-order valence-corrected chi connectivity index (χ4v) is 0.360. The molecule has 0 unspecified atom stereocenters. The fourth-order valence-electron chi connectivity index (χ4n) is 0.360. The van der Waals surface area contributed by atoms with Crippen molar-refractivity contribution < 1.29 is 9.90 Å². The number of nitrogens with zero attached hydrogens (tertiary/aromatic N) is 2. The van der Waals surface area contributed by atoms with E-state index in [2.05, 4.69) is 15.6 Å². The lowest BCUT2D eigenvalue weighted by atomic mass is 10.6. The van der Waals surface area contributed by atoms with Crippen LogP contribution in [-0.2, 0) is 4.79 Å². The Hall–Kier alpha value is -1.77. The van der Waals surface area contributed by atoms with Gasteiger partial charge >= 0.3 is 6.20 Å². The van der Waals surface area contributed by atoms with Crippen LogP contribution in [0.5, 0.6) is 0 Å². The zero-order valence-electron chi connectivity index (χ0n) is 6.03. The van der Waals surface area contributed by atoms with Crippen molar-refractivity contribution in [2.24, 2.45) is 0 Å². The number of diazo groups is 1. The molecule has 60 valence electrons. The molecule has 0 heterocycles. The predicted molar refractivity (Wildman–Crippen MR) is 37.9 cm³/mol. The highest BCUT2D eigenvalue weighted by atomic mass is 16.3. The van der Waals surface area contributed by atoms with Gasteiger partial charge in [-0.15, -0.1) is 0 Å². The third-order valence-electron chi connectivity index (χ3n) is 0.889. The van der Waals surface area contributed by atoms with E-state index in [0.717, 1.165) is 6.20 Å². The Bertz CT molecular complexity index is 205. The number of hydrogen-bond donors (Lipinski definition) is 3. The minimum Gasteiger partial charge on any atom is -0.490 e. The van der Waals surface area contributed by atoms with Crippen LogP contribution in [0.3, 0.4) is 0 Å². The van der Waals surface area contributed by atoms with Crippen LogP contribution in [-0.4, -0.2) is 24.6 Å². The monoisotopic (exact) mass is 157 g/mol. The highest BCUT2D eigenvalue weighted by Gasteiger charge is 2.00. The summed E-state index contributed by atoms with van der Waals surface area (Å²) in [5, 5.41) is 21.2. The van der Waals surface area contributed by atoms with E-state index in [0.29, 0.717) is 0 Å². The molecule has 0 fully saturated rings. The van der Waals surface area contributed by atoms with Gasteiger partial charge < -0.3 is 15.7 Å². The number of rotatable bonds is 3. The Labute approximate surface area is 63.5 Å². The number of carbonyl (C=O) groups excluding carboxylic acids is 1. The van der Waals surface area contributed by atoms with Gasteiger partial charge in [-0.05, 0) is 0 Å². The first kappa shape index (κ1) is 9.23. The van der Waals surface area contributed by atoms with Gasteiger partial charge in [0.2, 0.25) is 11.3 Å². The van der Waals surface area contributed by atoms with E-state index in [1.807, 2.05) is 0 Å². The first-order valence-electron chi connectivity index (χ1n) is 2.88. The topological polar surface area (TPSA) is 89.5 Å². The highest BCUT2D eigenvalue weighted by molar-refractivity contribution is 5.77. The van der Waals surface area contributed by atoms with E-state index >= 15 is 0 Å². The van der Waals surface area contributed by atoms with E-state index in [1.54, 1.807) is 0 Å². The Balaban J connectivity index is 3.64. The number of likely N-dealkylation sites (N-methyl/N-ethyl adjacent to an activating group) is 1. The van der Waals surface area contributed by atoms with Crippen molar-refractivity contribution in [2.75, 3.05) is 13.6 Å². The second-order valence-corrected chi connectivity index (χ2v) is 1.66. The van der Waals surface area contributed by atoms with Crippen LogP contribution in [0, 0.1) is 5.39 Å². The van der Waals surface area contributed by atoms with E-state index in [1.165, 1.54) is 7.05 Å². The van der Waals surface area contributed by atoms with E-state index in [-0.39, 0.29) is 18.3 Å². The van der Waals surface area contributed by atoms with E-state index in [9.17, 15) is 4.79 Å². The molecule has 0 atom stereocenters. The molecule has 0 aromatic heterocycles. The van der Waals surface area contributed by atoms with Crippen molar-refractivity contribution in [1.82, 2.24) is 10.6 Å². The SMILES string of the molecule is CNC(=O)CN/C(O)=C/[N+]#N. The molecule has 0 spiro atoms. The summed E-state index contributed by atoms with van der Waals surface area (Å²) in [4.78, 5) is 13.0. The summed E-state index contributed by atoms with van der Waals surface area (Å²) in [5.41, 5.74) is 0. The Kier molecular flexibility index (Phi) is 4.24. The number of aliphatic hydroxyl groups is 1. The van der Waals surface area contributed by atoms with Crippen LogP contribution < -0.4 is 10.6 Å². The molecule has 0 aliphatic carbocycles. The van der Waals surface area contributed by atoms with Gasteiger partial charge in [-0.25, -0.2) is 0 Å². The van der Waals surface area contributed by atoms with Crippen LogP contribution in [0.4, 0.5) is 0 Å². The lowest BCUT2D eigenvalue weighted by molar-refractivity contribution is -0.119. The highest BCUT2D eigenvalue weighted by Crippen LogP contribution is 1.80. The molecule has 11 heavy (non-hydrogen) atoms. The normalized spacial score (nSPS) is 10.0. The molecule has 0 radical (unpaired) electrons. The molecule has 0 aliphatic heterocycles. The van der Waals surface area contributed by atoms with Gasteiger partial charge in [0.1, 0.15) is 0 Å². The summed E-state index contributed by atoms with van der Waals surface area (Å²) in [7, 11) is 1.47. The zero-order chi connectivity index (χ0) is 8.69. The third-order valence-corrected chi connectivity index (χ3v) is 0.889. The van der Waals surface area contributed by atoms with Gasteiger partial charge in [-0.2, -0.15) is 0 Å². The molecule has 0 aromatic carbocycles. The summed E-state index contributed by atoms with van der Waals surface area (Å²) in [6, 6.07) is 0. The van der Waals surface area contributed by atoms with Gasteiger partial charge in [-0.1, -0.05) is 0 Å². The Morgan fingerprint density at radius 3 is 2.91 bits per heavy atom. The van der Waals surface area contributed by atoms with Gasteiger partial charge in [-0.3, -0.25) is 4.79 Å². The van der Waals surface area contributed by atoms with Crippen LogP contribution >= 0.6 is 0 Å². The predicted octanol–water partition coefficient (Wildman–Crippen LogP) is -0.468. The largest absolute Gasteiger partial charge is 0.490 e. The number of carbonyl (C=O) groups is 1. The quantitative estimate of drug-likeness (QED) is 0.381. The van der Waals surface area contributed by atoms with Gasteiger partial charge in [0, 0.05) is 7.05 Å². The fraction of sp³-hybridized carbons (Fsp3) is 0.400. The smallest absolute Gasteiger partial charge is 0.409 e. The van der Waals surface area contributed by atoms with E-state index < -0.39 is 0 Å². The molecule has 1 amide bonds. The molecule has 0 rings (SSSR count). The molecule has 6 heteroatoms. The average Bonchev–Trinajstić information content (AvgIpc) is 2.01. The van der Waals surface area contributed by atoms with Gasteiger partial charge in [0.25, 0.3) is 5.88 Å². The minimum absolute atomic E-state index is 0.0612. The molecular formula is C5H9N4O2+. The van der Waals surface area contributed by atoms with Crippen LogP contribution in [0.1, 0.15) is 0 Å². The minimum atomic E-state index is -0.365. The first-order valence-corrected chi connectivity index (χ1v) is 2.88. The van der Waals surface area contributed by atoms with Crippen LogP contribution in [0.15, 0.2) is 12.1 Å². The van der Waals surface area contributed by atoms with Crippen molar-refractivity contribution in [2.45, 2.75) is 0 Å². The maximum Gasteiger partial charge on any atom is 0.409 e. The maximum absolute atomic E-state index is 10.5. The molecule has 0 saturated carbocycles. The Morgan fingerprint density at radius 1 is 1.82 bits per heavy atom. The number of amides is 1. The lowest BCUT2D eigenvalue weighted by Gasteiger charge is -1.98. The summed E-state index contributed by atoms with van der Waals surface area (Å²) in [5.74, 6) is -0.640. The van der Waals surface area contributed by atoms with Crippen molar-refractivity contribution in [1.29, 1.82) is 5.39 Å². The van der Waals surface area contributed by atoms with Gasteiger partial charge in [0.05, 0.1) is 6.54 Å². The Morgan fingerprint density at radius 2 is 2.45 bits per heavy atom. The average molecular weight is 157 g/mol. The molecule has 3 N–H and O–H groups in total. The van der Waals surface area contributed by atoms with E-state index in [4.69, 9.17) is 10.5 Å². The first-order chi connectivity index (χ1) is 5.20. The second-order valence-electron chi connectivity index (χ2n) is 1.66. The molecule has 6 nitrogen and oxygen atoms in total. The second kappa shape index (κ2) is 5.05. The molecular weight excluding hydrogens is 148 g/mol. The van der Waals surface area contributed by atoms with Crippen molar-refractivity contribution >= 4 is 5.91 Å². The van der Waals surface area contributed by atoms with Crippen LogP contribution in [0.25, 0.3) is 4.98 Å². The number of nitrogens with one attached hydrogen (secondary N) is 2. The molecule has 0 aromatic rings. The van der Waals surface area contributed by atoms with Crippen molar-refractivity contribution in [3.05, 3.63) is 17.1 Å². The molecule has 0 saturated heterocycles. The summed E-state index contributed by atoms with van der Waals surface area (Å²) in [6.07, 6.45) is 0.781. The zero-order valence-corrected chi connectivity index (χ0v) is 6.03. The van der Waals surface area contributed by atoms with Crippen LogP contribution in [0.2, 0.25) is 0 Å². The van der Waals surface area contributed by atoms with Crippen molar-refractivity contribution in [3.63, 3.8) is 0 Å². The molecule has 0 aliphatic rings.